The molecule has 1 aliphatic carbocycles. The zero-order valence-electron chi connectivity index (χ0n) is 16.7. The first kappa shape index (κ1) is 22.7. The standard InChI is InChI=1S/C22H32N2O3.ClH/c1-27-22(26)19-8-6-18(7-9-19)21(25)24-20-10-4-16(5-11-20)2-3-17-12-14-23-15-13-17;/h4-5,10-11,17-19,23H,2-3,6-9,12-15H2,1H3,(H,24,25);1H. The highest BCUT2D eigenvalue weighted by Crippen LogP contribution is 2.30. The molecule has 0 unspecified atom stereocenters. The van der Waals surface area contributed by atoms with Crippen molar-refractivity contribution in [2.75, 3.05) is 25.5 Å². The van der Waals surface area contributed by atoms with Gasteiger partial charge in [-0.25, -0.2) is 0 Å². The zero-order chi connectivity index (χ0) is 19.1. The number of carbonyl (C=O) groups is 2. The van der Waals surface area contributed by atoms with E-state index in [1.54, 1.807) is 0 Å². The number of aryl methyl sites for hydroxylation is 1. The number of hydrogen-bond donors (Lipinski definition) is 2. The zero-order valence-corrected chi connectivity index (χ0v) is 17.6. The number of halogens is 1. The summed E-state index contributed by atoms with van der Waals surface area (Å²) >= 11 is 0. The molecular formula is C22H33ClN2O3. The number of esters is 1. The Hall–Kier alpha value is -1.59. The number of hydrogen-bond acceptors (Lipinski definition) is 4. The SMILES string of the molecule is COC(=O)C1CCC(C(=O)Nc2ccc(CCC3CCNCC3)cc2)CC1.Cl. The molecule has 2 fully saturated rings. The molecule has 1 aliphatic heterocycles. The molecule has 156 valence electrons. The lowest BCUT2D eigenvalue weighted by atomic mass is 9.81. The Morgan fingerprint density at radius 3 is 2.21 bits per heavy atom. The van der Waals surface area contributed by atoms with Gasteiger partial charge in [0.05, 0.1) is 13.0 Å². The van der Waals surface area contributed by atoms with Gasteiger partial charge in [0, 0.05) is 11.6 Å². The van der Waals surface area contributed by atoms with Crippen LogP contribution < -0.4 is 10.6 Å². The van der Waals surface area contributed by atoms with E-state index in [0.29, 0.717) is 0 Å². The number of benzene rings is 1. The maximum atomic E-state index is 12.5. The topological polar surface area (TPSA) is 67.4 Å². The van der Waals surface area contributed by atoms with Crippen molar-refractivity contribution in [1.29, 1.82) is 0 Å². The minimum atomic E-state index is -0.145. The van der Waals surface area contributed by atoms with Crippen molar-refractivity contribution in [3.05, 3.63) is 29.8 Å². The third-order valence-corrected chi connectivity index (χ3v) is 6.15. The predicted molar refractivity (Wildman–Crippen MR) is 114 cm³/mol. The molecule has 0 spiro atoms. The number of methoxy groups -OCH3 is 1. The van der Waals surface area contributed by atoms with E-state index in [-0.39, 0.29) is 36.1 Å². The number of anilines is 1. The highest BCUT2D eigenvalue weighted by Gasteiger charge is 2.30. The molecule has 3 rings (SSSR count). The molecular weight excluding hydrogens is 376 g/mol. The van der Waals surface area contributed by atoms with Crippen molar-refractivity contribution in [1.82, 2.24) is 5.32 Å². The summed E-state index contributed by atoms with van der Waals surface area (Å²) in [5, 5.41) is 6.45. The Morgan fingerprint density at radius 2 is 1.61 bits per heavy atom. The van der Waals surface area contributed by atoms with E-state index in [2.05, 4.69) is 22.8 Å². The van der Waals surface area contributed by atoms with E-state index in [1.807, 2.05) is 12.1 Å². The minimum absolute atomic E-state index is 0. The van der Waals surface area contributed by atoms with Crippen LogP contribution in [0.3, 0.4) is 0 Å². The molecule has 1 aromatic rings. The van der Waals surface area contributed by atoms with Crippen LogP contribution in [0, 0.1) is 17.8 Å². The summed E-state index contributed by atoms with van der Waals surface area (Å²) in [7, 11) is 1.43. The number of ether oxygens (including phenoxy) is 1. The van der Waals surface area contributed by atoms with Crippen molar-refractivity contribution in [2.24, 2.45) is 17.8 Å². The Morgan fingerprint density at radius 1 is 1.00 bits per heavy atom. The average Bonchev–Trinajstić information content (AvgIpc) is 2.73. The van der Waals surface area contributed by atoms with Gasteiger partial charge in [-0.3, -0.25) is 9.59 Å². The van der Waals surface area contributed by atoms with Gasteiger partial charge in [-0.05, 0) is 88.1 Å². The molecule has 1 amide bonds. The fourth-order valence-electron chi connectivity index (χ4n) is 4.30. The molecule has 0 atom stereocenters. The van der Waals surface area contributed by atoms with Gasteiger partial charge < -0.3 is 15.4 Å². The third kappa shape index (κ3) is 6.49. The van der Waals surface area contributed by atoms with Crippen LogP contribution in [-0.4, -0.2) is 32.1 Å². The lowest BCUT2D eigenvalue weighted by Crippen LogP contribution is -2.30. The number of carbonyl (C=O) groups excluding carboxylic acids is 2. The molecule has 5 nitrogen and oxygen atoms in total. The van der Waals surface area contributed by atoms with Crippen molar-refractivity contribution in [3.8, 4) is 0 Å². The van der Waals surface area contributed by atoms with Gasteiger partial charge in [0.15, 0.2) is 0 Å². The summed E-state index contributed by atoms with van der Waals surface area (Å²) in [4.78, 5) is 24.1. The van der Waals surface area contributed by atoms with Crippen LogP contribution in [0.2, 0.25) is 0 Å². The average molecular weight is 409 g/mol. The summed E-state index contributed by atoms with van der Waals surface area (Å²) in [5.41, 5.74) is 2.20. The number of rotatable bonds is 6. The third-order valence-electron chi connectivity index (χ3n) is 6.15. The van der Waals surface area contributed by atoms with E-state index in [1.165, 1.54) is 31.9 Å². The second-order valence-corrected chi connectivity index (χ2v) is 7.99. The molecule has 2 aliphatic rings. The summed E-state index contributed by atoms with van der Waals surface area (Å²) in [6.07, 6.45) is 7.90. The second-order valence-electron chi connectivity index (χ2n) is 7.99. The molecule has 1 heterocycles. The van der Waals surface area contributed by atoms with E-state index >= 15 is 0 Å². The maximum Gasteiger partial charge on any atom is 0.308 e. The van der Waals surface area contributed by atoms with Gasteiger partial charge in [0.1, 0.15) is 0 Å². The lowest BCUT2D eigenvalue weighted by molar-refractivity contribution is -0.147. The molecule has 0 radical (unpaired) electrons. The summed E-state index contributed by atoms with van der Waals surface area (Å²) in [6, 6.07) is 8.28. The number of nitrogens with one attached hydrogen (secondary N) is 2. The van der Waals surface area contributed by atoms with Crippen molar-refractivity contribution in [3.63, 3.8) is 0 Å². The van der Waals surface area contributed by atoms with E-state index < -0.39 is 0 Å². The van der Waals surface area contributed by atoms with Crippen LogP contribution in [0.5, 0.6) is 0 Å². The largest absolute Gasteiger partial charge is 0.469 e. The van der Waals surface area contributed by atoms with Gasteiger partial charge in [-0.1, -0.05) is 12.1 Å². The fraction of sp³-hybridized carbons (Fsp3) is 0.636. The van der Waals surface area contributed by atoms with Crippen LogP contribution in [0.1, 0.15) is 50.5 Å². The first-order chi connectivity index (χ1) is 13.2. The molecule has 28 heavy (non-hydrogen) atoms. The predicted octanol–water partition coefficient (Wildman–Crippen LogP) is 3.96. The van der Waals surface area contributed by atoms with E-state index in [9.17, 15) is 9.59 Å². The molecule has 0 bridgehead atoms. The lowest BCUT2D eigenvalue weighted by Gasteiger charge is -2.26. The highest BCUT2D eigenvalue weighted by molar-refractivity contribution is 5.92. The maximum absolute atomic E-state index is 12.5. The summed E-state index contributed by atoms with van der Waals surface area (Å²) < 4.78 is 4.81. The monoisotopic (exact) mass is 408 g/mol. The molecule has 6 heteroatoms. The Bertz CT molecular complexity index is 621. The Kier molecular flexibility index (Phi) is 9.26. The number of amides is 1. The minimum Gasteiger partial charge on any atom is -0.469 e. The summed E-state index contributed by atoms with van der Waals surface area (Å²) in [5.74, 6) is 0.712. The van der Waals surface area contributed by atoms with Crippen LogP contribution in [0.15, 0.2) is 24.3 Å². The first-order valence-electron chi connectivity index (χ1n) is 10.3. The van der Waals surface area contributed by atoms with Crippen LogP contribution in [0.4, 0.5) is 5.69 Å². The fourth-order valence-corrected chi connectivity index (χ4v) is 4.30. The summed E-state index contributed by atoms with van der Waals surface area (Å²) in [6.45, 7) is 2.30. The molecule has 2 N–H and O–H groups in total. The van der Waals surface area contributed by atoms with Crippen molar-refractivity contribution >= 4 is 30.0 Å². The van der Waals surface area contributed by atoms with Crippen LogP contribution in [-0.2, 0) is 20.7 Å². The Balaban J connectivity index is 0.00000280. The van der Waals surface area contributed by atoms with Crippen LogP contribution >= 0.6 is 12.4 Å². The van der Waals surface area contributed by atoms with Gasteiger partial charge in [-0.15, -0.1) is 12.4 Å². The van der Waals surface area contributed by atoms with Gasteiger partial charge in [-0.2, -0.15) is 0 Å². The normalized spacial score (nSPS) is 22.8. The first-order valence-corrected chi connectivity index (χ1v) is 10.3. The molecule has 1 saturated carbocycles. The smallest absolute Gasteiger partial charge is 0.308 e. The molecule has 0 aromatic heterocycles. The quantitative estimate of drug-likeness (QED) is 0.699. The molecule has 1 saturated heterocycles. The van der Waals surface area contributed by atoms with Crippen LogP contribution in [0.25, 0.3) is 0 Å². The molecule has 1 aromatic carbocycles. The van der Waals surface area contributed by atoms with Gasteiger partial charge >= 0.3 is 5.97 Å². The Labute approximate surface area is 174 Å². The van der Waals surface area contributed by atoms with Gasteiger partial charge in [0.25, 0.3) is 0 Å². The second kappa shape index (κ2) is 11.4. The number of piperidine rings is 1. The van der Waals surface area contributed by atoms with Crippen molar-refractivity contribution in [2.45, 2.75) is 51.4 Å². The van der Waals surface area contributed by atoms with E-state index in [0.717, 1.165) is 56.8 Å². The highest BCUT2D eigenvalue weighted by atomic mass is 35.5. The van der Waals surface area contributed by atoms with Crippen molar-refractivity contribution < 1.29 is 14.3 Å². The van der Waals surface area contributed by atoms with E-state index in [4.69, 9.17) is 4.74 Å². The van der Waals surface area contributed by atoms with Gasteiger partial charge in [0.2, 0.25) is 5.91 Å².